The van der Waals surface area contributed by atoms with Crippen molar-refractivity contribution in [3.05, 3.63) is 48.1 Å². The van der Waals surface area contributed by atoms with Crippen molar-refractivity contribution in [3.8, 4) is 16.9 Å². The fourth-order valence-electron chi connectivity index (χ4n) is 6.28. The number of rotatable bonds is 6. The van der Waals surface area contributed by atoms with Crippen LogP contribution in [0.5, 0.6) is 5.75 Å². The lowest BCUT2D eigenvalue weighted by atomic mass is 9.72. The van der Waals surface area contributed by atoms with Gasteiger partial charge < -0.3 is 24.3 Å². The number of nitrogens with one attached hydrogen (secondary N) is 1. The number of carboxylic acid groups (broad SMARTS) is 1. The summed E-state index contributed by atoms with van der Waals surface area (Å²) in [7, 11) is 3.04. The Balaban J connectivity index is 1.57. The molecule has 8 nitrogen and oxygen atoms in total. The van der Waals surface area contributed by atoms with Crippen LogP contribution in [0.25, 0.3) is 11.1 Å². The van der Waals surface area contributed by atoms with Gasteiger partial charge in [0.25, 0.3) is 0 Å². The van der Waals surface area contributed by atoms with Crippen molar-refractivity contribution in [3.63, 3.8) is 0 Å². The third kappa shape index (κ3) is 3.23. The smallest absolute Gasteiger partial charge is 0.334 e. The number of fused-ring (bicyclic) bond motifs is 3. The average molecular weight is 467 g/mol. The van der Waals surface area contributed by atoms with Gasteiger partial charge in [-0.15, -0.1) is 0 Å². The first-order chi connectivity index (χ1) is 16.4. The number of aliphatic carboxylic acids is 1. The van der Waals surface area contributed by atoms with Crippen molar-refractivity contribution in [1.82, 2.24) is 4.90 Å². The Bertz CT molecular complexity index is 1140. The summed E-state index contributed by atoms with van der Waals surface area (Å²) in [6, 6.07) is 5.50. The number of carbonyl (C=O) groups is 2. The van der Waals surface area contributed by atoms with E-state index in [9.17, 15) is 14.7 Å². The topological polar surface area (TPSA) is 101 Å². The van der Waals surface area contributed by atoms with Gasteiger partial charge in [0.05, 0.1) is 49.8 Å². The van der Waals surface area contributed by atoms with Crippen LogP contribution in [0, 0.1) is 11.8 Å². The number of anilines is 1. The molecular weight excluding hydrogens is 436 g/mol. The second kappa shape index (κ2) is 8.51. The molecule has 2 aromatic rings. The van der Waals surface area contributed by atoms with Crippen molar-refractivity contribution in [2.75, 3.05) is 32.6 Å². The molecule has 0 bridgehead atoms. The molecule has 4 heterocycles. The molecule has 3 aliphatic heterocycles. The molecule has 1 spiro atoms. The van der Waals surface area contributed by atoms with E-state index in [0.717, 1.165) is 36.3 Å². The highest BCUT2D eigenvalue weighted by atomic mass is 16.5. The second-order valence-corrected chi connectivity index (χ2v) is 9.39. The third-order valence-electron chi connectivity index (χ3n) is 7.93. The van der Waals surface area contributed by atoms with Crippen molar-refractivity contribution >= 4 is 17.4 Å². The number of hydrogen-bond donors (Lipinski definition) is 2. The van der Waals surface area contributed by atoms with Gasteiger partial charge in [0.1, 0.15) is 11.3 Å². The van der Waals surface area contributed by atoms with E-state index < -0.39 is 11.5 Å². The Morgan fingerprint density at radius 3 is 2.82 bits per heavy atom. The molecule has 34 heavy (non-hydrogen) atoms. The fourth-order valence-corrected chi connectivity index (χ4v) is 6.28. The molecule has 2 N–H and O–H groups in total. The summed E-state index contributed by atoms with van der Waals surface area (Å²) in [5.41, 5.74) is 2.53. The number of nitrogens with zero attached hydrogens (tertiary/aromatic N) is 1. The van der Waals surface area contributed by atoms with Crippen LogP contribution in [0.3, 0.4) is 0 Å². The van der Waals surface area contributed by atoms with E-state index in [0.29, 0.717) is 24.2 Å². The molecule has 1 aromatic heterocycles. The molecule has 2 fully saturated rings. The summed E-state index contributed by atoms with van der Waals surface area (Å²) in [4.78, 5) is 28.6. The van der Waals surface area contributed by atoms with Gasteiger partial charge in [-0.1, -0.05) is 13.3 Å². The maximum absolute atomic E-state index is 14.1. The summed E-state index contributed by atoms with van der Waals surface area (Å²) in [6.45, 7) is 3.62. The highest BCUT2D eigenvalue weighted by Crippen LogP contribution is 2.52. The van der Waals surface area contributed by atoms with E-state index >= 15 is 0 Å². The van der Waals surface area contributed by atoms with Gasteiger partial charge in [0.2, 0.25) is 0 Å². The van der Waals surface area contributed by atoms with E-state index in [4.69, 9.17) is 13.9 Å². The molecule has 0 saturated carbocycles. The number of piperidine rings is 1. The number of furan rings is 1. The number of carboxylic acids is 1. The van der Waals surface area contributed by atoms with Crippen LogP contribution in [0.4, 0.5) is 5.69 Å². The lowest BCUT2D eigenvalue weighted by Gasteiger charge is -2.45. The van der Waals surface area contributed by atoms with Gasteiger partial charge >= 0.3 is 5.97 Å². The van der Waals surface area contributed by atoms with Crippen LogP contribution in [0.2, 0.25) is 0 Å². The van der Waals surface area contributed by atoms with Crippen LogP contribution < -0.4 is 10.1 Å². The molecule has 2 unspecified atom stereocenters. The molecule has 2 saturated heterocycles. The van der Waals surface area contributed by atoms with Crippen LogP contribution in [-0.4, -0.2) is 60.6 Å². The minimum absolute atomic E-state index is 0.0125. The Labute approximate surface area is 198 Å². The van der Waals surface area contributed by atoms with Gasteiger partial charge in [-0.25, -0.2) is 4.79 Å². The summed E-state index contributed by atoms with van der Waals surface area (Å²) >= 11 is 0. The lowest BCUT2D eigenvalue weighted by molar-refractivity contribution is -0.134. The minimum atomic E-state index is -0.969. The number of methoxy groups -OCH3 is 2. The van der Waals surface area contributed by atoms with Gasteiger partial charge in [-0.2, -0.15) is 0 Å². The van der Waals surface area contributed by atoms with E-state index in [1.807, 2.05) is 18.2 Å². The number of benzene rings is 1. The standard InChI is InChI=1S/C26H30N2O6/c1-4-15-12-28-9-8-26(21(28)11-18(15)19(14-32-2)25(30)31)24(29)22-20(33-3)6-5-17(23(22)27-26)16-7-10-34-13-16/h5-7,10,13-15,18,21,27H,4,8-9,11-12H2,1-3H3,(H,30,31)/b19-14+/t15-,18+,21?,26?/m1/s1. The summed E-state index contributed by atoms with van der Waals surface area (Å²) in [5, 5.41) is 13.5. The lowest BCUT2D eigenvalue weighted by Crippen LogP contribution is -2.57. The van der Waals surface area contributed by atoms with Crippen LogP contribution >= 0.6 is 0 Å². The Hall–Kier alpha value is -3.26. The molecule has 4 atom stereocenters. The number of carbonyl (C=O) groups excluding carboxylic acids is 1. The first-order valence-electron chi connectivity index (χ1n) is 11.7. The highest BCUT2D eigenvalue weighted by Gasteiger charge is 2.60. The Kier molecular flexibility index (Phi) is 5.64. The predicted octanol–water partition coefficient (Wildman–Crippen LogP) is 4.04. The van der Waals surface area contributed by atoms with Gasteiger partial charge in [0, 0.05) is 30.3 Å². The molecule has 1 aromatic carbocycles. The largest absolute Gasteiger partial charge is 0.504 e. The average Bonchev–Trinajstić information content (AvgIpc) is 3.56. The molecule has 3 aliphatic rings. The maximum atomic E-state index is 14.1. The van der Waals surface area contributed by atoms with Crippen LogP contribution in [0.15, 0.2) is 47.0 Å². The van der Waals surface area contributed by atoms with E-state index in [2.05, 4.69) is 17.1 Å². The third-order valence-corrected chi connectivity index (χ3v) is 7.93. The number of ether oxygens (including phenoxy) is 2. The molecule has 0 amide bonds. The van der Waals surface area contributed by atoms with Gasteiger partial charge in [0.15, 0.2) is 5.78 Å². The first-order valence-corrected chi connectivity index (χ1v) is 11.7. The van der Waals surface area contributed by atoms with Crippen molar-refractivity contribution in [1.29, 1.82) is 0 Å². The van der Waals surface area contributed by atoms with Crippen molar-refractivity contribution in [2.45, 2.75) is 37.8 Å². The first kappa shape index (κ1) is 22.5. The second-order valence-electron chi connectivity index (χ2n) is 9.39. The fraction of sp³-hybridized carbons (Fsp3) is 0.462. The quantitative estimate of drug-likeness (QED) is 0.486. The predicted molar refractivity (Wildman–Crippen MR) is 126 cm³/mol. The van der Waals surface area contributed by atoms with E-state index in [1.54, 1.807) is 19.6 Å². The van der Waals surface area contributed by atoms with E-state index in [-0.39, 0.29) is 29.2 Å². The zero-order chi connectivity index (χ0) is 24.0. The van der Waals surface area contributed by atoms with Crippen LogP contribution in [-0.2, 0) is 9.53 Å². The van der Waals surface area contributed by atoms with E-state index in [1.165, 1.54) is 13.4 Å². The molecule has 180 valence electrons. The molecule has 5 rings (SSSR count). The SMILES string of the molecule is CC[C@@H]1CN2CCC3(Nc4c(-c5ccoc5)ccc(OC)c4C3=O)C2C[C@@H]1/C(=C\OC)C(=O)O. The Morgan fingerprint density at radius 2 is 2.18 bits per heavy atom. The molecule has 8 heteroatoms. The molecule has 0 radical (unpaired) electrons. The summed E-state index contributed by atoms with van der Waals surface area (Å²) < 4.78 is 16.0. The highest BCUT2D eigenvalue weighted by molar-refractivity contribution is 6.18. The number of hydrogen-bond acceptors (Lipinski definition) is 7. The monoisotopic (exact) mass is 466 g/mol. The normalized spacial score (nSPS) is 28.5. The maximum Gasteiger partial charge on any atom is 0.334 e. The van der Waals surface area contributed by atoms with Crippen molar-refractivity contribution < 1.29 is 28.6 Å². The minimum Gasteiger partial charge on any atom is -0.504 e. The summed E-state index contributed by atoms with van der Waals surface area (Å²) in [5.74, 6) is -0.437. The molecule has 0 aliphatic carbocycles. The van der Waals surface area contributed by atoms with Crippen molar-refractivity contribution in [2.24, 2.45) is 11.8 Å². The van der Waals surface area contributed by atoms with Gasteiger partial charge in [-0.05, 0) is 42.9 Å². The summed E-state index contributed by atoms with van der Waals surface area (Å²) in [6.07, 6.45) is 6.70. The molecular formula is C26H30N2O6. The zero-order valence-electron chi connectivity index (χ0n) is 19.7. The number of ketones is 1. The Morgan fingerprint density at radius 1 is 1.35 bits per heavy atom. The van der Waals surface area contributed by atoms with Crippen LogP contribution in [0.1, 0.15) is 36.5 Å². The van der Waals surface area contributed by atoms with Gasteiger partial charge in [-0.3, -0.25) is 9.69 Å². The number of Topliss-reactive ketones (excluding diaryl/α,β-unsaturated/α-hetero) is 1. The zero-order valence-corrected chi connectivity index (χ0v) is 19.7.